The largest absolute Gasteiger partial charge is 0.465 e. The van der Waals surface area contributed by atoms with Crippen molar-refractivity contribution in [1.29, 1.82) is 0 Å². The van der Waals surface area contributed by atoms with Crippen molar-refractivity contribution in [2.45, 2.75) is 13.5 Å². The third-order valence-electron chi connectivity index (χ3n) is 5.04. The molecular weight excluding hydrogens is 547 g/mol. The highest BCUT2D eigenvalue weighted by Gasteiger charge is 2.24. The lowest BCUT2D eigenvalue weighted by Crippen LogP contribution is -2.20. The van der Waals surface area contributed by atoms with Crippen LogP contribution in [0.3, 0.4) is 0 Å². The van der Waals surface area contributed by atoms with Gasteiger partial charge in [0.1, 0.15) is 15.6 Å². The molecule has 2 aromatic heterocycles. The summed E-state index contributed by atoms with van der Waals surface area (Å²) >= 11 is 25.4. The number of benzene rings is 2. The van der Waals surface area contributed by atoms with Gasteiger partial charge in [-0.3, -0.25) is 4.68 Å². The molecule has 0 fully saturated rings. The second-order valence-electron chi connectivity index (χ2n) is 7.45. The van der Waals surface area contributed by atoms with Gasteiger partial charge in [-0.15, -0.1) is 11.3 Å². The van der Waals surface area contributed by atoms with E-state index in [0.29, 0.717) is 38.0 Å². The molecule has 0 aliphatic rings. The number of halogens is 3. The Kier molecular flexibility index (Phi) is 7.98. The van der Waals surface area contributed by atoms with Crippen molar-refractivity contribution in [1.82, 2.24) is 9.78 Å². The first-order valence-corrected chi connectivity index (χ1v) is 12.6. The molecule has 0 aliphatic heterocycles. The molecule has 11 heteroatoms. The lowest BCUT2D eigenvalue weighted by molar-refractivity contribution is 0.0603. The Labute approximate surface area is 226 Å². The first kappa shape index (κ1) is 25.5. The van der Waals surface area contributed by atoms with Crippen molar-refractivity contribution in [3.8, 4) is 11.1 Å². The van der Waals surface area contributed by atoms with Gasteiger partial charge in [0.2, 0.25) is 0 Å². The number of carbonyl (C=O) groups excluding carboxylic acids is 1. The molecule has 2 heterocycles. The summed E-state index contributed by atoms with van der Waals surface area (Å²) in [5.41, 5.74) is 3.05. The number of hydrogen-bond acceptors (Lipinski definition) is 5. The Morgan fingerprint density at radius 2 is 1.83 bits per heavy atom. The van der Waals surface area contributed by atoms with Crippen LogP contribution in [0.15, 0.2) is 54.7 Å². The fourth-order valence-corrected chi connectivity index (χ4v) is 5.36. The normalized spacial score (nSPS) is 10.8. The van der Waals surface area contributed by atoms with Crippen molar-refractivity contribution in [3.63, 3.8) is 0 Å². The van der Waals surface area contributed by atoms with Crippen molar-refractivity contribution >= 4 is 80.3 Å². The molecule has 0 spiro atoms. The molecular formula is C24H19Cl3N4O2S2. The van der Waals surface area contributed by atoms with E-state index in [9.17, 15) is 4.79 Å². The molecule has 0 saturated heterocycles. The number of esters is 1. The molecule has 0 radical (unpaired) electrons. The van der Waals surface area contributed by atoms with Crippen LogP contribution in [0, 0.1) is 6.92 Å². The summed E-state index contributed by atoms with van der Waals surface area (Å²) in [4.78, 5) is 13.6. The van der Waals surface area contributed by atoms with Crippen molar-refractivity contribution in [2.75, 3.05) is 17.7 Å². The number of thiophene rings is 1. The van der Waals surface area contributed by atoms with Gasteiger partial charge in [0, 0.05) is 16.6 Å². The molecule has 2 aromatic carbocycles. The topological polar surface area (TPSA) is 68.2 Å². The van der Waals surface area contributed by atoms with Crippen LogP contribution in [-0.4, -0.2) is 28.0 Å². The van der Waals surface area contributed by atoms with E-state index in [-0.39, 0.29) is 5.11 Å². The zero-order valence-electron chi connectivity index (χ0n) is 18.6. The summed E-state index contributed by atoms with van der Waals surface area (Å²) < 4.78 is 6.72. The van der Waals surface area contributed by atoms with E-state index in [1.54, 1.807) is 23.0 Å². The van der Waals surface area contributed by atoms with Crippen LogP contribution >= 0.6 is 58.4 Å². The molecule has 4 aromatic rings. The van der Waals surface area contributed by atoms with Gasteiger partial charge in [-0.25, -0.2) is 4.79 Å². The zero-order chi connectivity index (χ0) is 25.1. The maximum atomic E-state index is 12.7. The minimum atomic E-state index is -0.456. The molecule has 0 aliphatic carbocycles. The molecule has 0 atom stereocenters. The molecule has 35 heavy (non-hydrogen) atoms. The Morgan fingerprint density at radius 3 is 2.51 bits per heavy atom. The second-order valence-corrected chi connectivity index (χ2v) is 10.3. The predicted molar refractivity (Wildman–Crippen MR) is 148 cm³/mol. The molecule has 0 saturated carbocycles. The Balaban J connectivity index is 1.54. The molecule has 0 amide bonds. The first-order valence-electron chi connectivity index (χ1n) is 10.3. The smallest absolute Gasteiger partial charge is 0.341 e. The first-order chi connectivity index (χ1) is 16.8. The number of ether oxygens (including phenoxy) is 1. The number of thiocarbonyl (C=S) groups is 1. The fourth-order valence-electron chi connectivity index (χ4n) is 3.51. The average molecular weight is 566 g/mol. The number of nitrogens with zero attached hydrogens (tertiary/aromatic N) is 2. The van der Waals surface area contributed by atoms with Gasteiger partial charge in [0.15, 0.2) is 10.9 Å². The van der Waals surface area contributed by atoms with E-state index < -0.39 is 5.97 Å². The summed E-state index contributed by atoms with van der Waals surface area (Å²) in [5.74, 6) is -0.0807. The summed E-state index contributed by atoms with van der Waals surface area (Å²) in [6.45, 7) is 2.39. The number of methoxy groups -OCH3 is 1. The highest BCUT2D eigenvalue weighted by atomic mass is 35.5. The van der Waals surface area contributed by atoms with Crippen molar-refractivity contribution in [2.24, 2.45) is 0 Å². The summed E-state index contributed by atoms with van der Waals surface area (Å²) in [6.07, 6.45) is 1.68. The third-order valence-corrected chi connectivity index (χ3v) is 7.28. The van der Waals surface area contributed by atoms with E-state index in [2.05, 4.69) is 15.7 Å². The quantitative estimate of drug-likeness (QED) is 0.186. The molecule has 6 nitrogen and oxygen atoms in total. The number of carbonyl (C=O) groups is 1. The van der Waals surface area contributed by atoms with Crippen LogP contribution in [-0.2, 0) is 11.3 Å². The van der Waals surface area contributed by atoms with Crippen molar-refractivity contribution in [3.05, 3.63) is 85.8 Å². The second kappa shape index (κ2) is 11.0. The monoisotopic (exact) mass is 564 g/mol. The molecule has 4 rings (SSSR count). The maximum absolute atomic E-state index is 12.7. The van der Waals surface area contributed by atoms with Gasteiger partial charge < -0.3 is 15.4 Å². The molecule has 0 unspecified atom stereocenters. The summed E-state index contributed by atoms with van der Waals surface area (Å²) in [7, 11) is 1.35. The van der Waals surface area contributed by atoms with E-state index in [4.69, 9.17) is 51.8 Å². The molecule has 2 N–H and O–H groups in total. The van der Waals surface area contributed by atoms with E-state index in [0.717, 1.165) is 21.6 Å². The number of nitrogens with one attached hydrogen (secondary N) is 2. The van der Waals surface area contributed by atoms with E-state index in [1.807, 2.05) is 43.3 Å². The number of rotatable bonds is 6. The van der Waals surface area contributed by atoms with E-state index in [1.165, 1.54) is 18.4 Å². The number of anilines is 2. The van der Waals surface area contributed by atoms with Gasteiger partial charge >= 0.3 is 5.97 Å². The lowest BCUT2D eigenvalue weighted by atomic mass is 10.0. The van der Waals surface area contributed by atoms with Crippen molar-refractivity contribution < 1.29 is 9.53 Å². The highest BCUT2D eigenvalue weighted by Crippen LogP contribution is 2.40. The van der Waals surface area contributed by atoms with Gasteiger partial charge in [-0.2, -0.15) is 5.10 Å². The third kappa shape index (κ3) is 5.79. The van der Waals surface area contributed by atoms with Crippen LogP contribution in [0.4, 0.5) is 10.8 Å². The molecule has 0 bridgehead atoms. The Bertz CT molecular complexity index is 1400. The summed E-state index contributed by atoms with van der Waals surface area (Å²) in [6, 6.07) is 15.0. The van der Waals surface area contributed by atoms with Gasteiger partial charge in [0.25, 0.3) is 0 Å². The Morgan fingerprint density at radius 1 is 1.09 bits per heavy atom. The minimum absolute atomic E-state index is 0.234. The number of aryl methyl sites for hydroxylation is 1. The van der Waals surface area contributed by atoms with Crippen LogP contribution in [0.2, 0.25) is 15.1 Å². The van der Waals surface area contributed by atoms with Gasteiger partial charge in [-0.1, -0.05) is 71.2 Å². The van der Waals surface area contributed by atoms with Gasteiger partial charge in [0.05, 0.1) is 23.7 Å². The van der Waals surface area contributed by atoms with Gasteiger partial charge in [-0.05, 0) is 42.4 Å². The van der Waals surface area contributed by atoms with E-state index >= 15 is 0 Å². The van der Waals surface area contributed by atoms with Crippen LogP contribution < -0.4 is 10.6 Å². The lowest BCUT2D eigenvalue weighted by Gasteiger charge is -2.10. The standard InChI is InChI=1S/C24H19Cl3N4O2S2/c1-13-19(15-6-4-3-5-7-15)20(23(32)33-2)22(35-13)29-24(34)28-21-18(27)12-31(30-21)11-14-8-9-16(25)17(26)10-14/h3-10,12H,11H2,1-2H3,(H2,28,29,30,34). The molecule has 180 valence electrons. The fraction of sp³-hybridized carbons (Fsp3) is 0.125. The zero-order valence-corrected chi connectivity index (χ0v) is 22.5. The average Bonchev–Trinajstić information content (AvgIpc) is 3.34. The number of hydrogen-bond donors (Lipinski definition) is 2. The van der Waals surface area contributed by atoms with Crippen LogP contribution in [0.1, 0.15) is 20.8 Å². The maximum Gasteiger partial charge on any atom is 0.341 e. The Hall–Kier alpha value is -2.62. The number of aromatic nitrogens is 2. The predicted octanol–water partition coefficient (Wildman–Crippen LogP) is 7.52. The van der Waals surface area contributed by atoms with Crippen LogP contribution in [0.25, 0.3) is 11.1 Å². The SMILES string of the molecule is COC(=O)c1c(NC(=S)Nc2nn(Cc3ccc(Cl)c(Cl)c3)cc2Cl)sc(C)c1-c1ccccc1. The van der Waals surface area contributed by atoms with Crippen LogP contribution in [0.5, 0.6) is 0 Å². The highest BCUT2D eigenvalue weighted by molar-refractivity contribution is 7.80. The minimum Gasteiger partial charge on any atom is -0.465 e. The summed E-state index contributed by atoms with van der Waals surface area (Å²) in [5, 5.41) is 12.7.